The lowest BCUT2D eigenvalue weighted by molar-refractivity contribution is 0.415. The van der Waals surface area contributed by atoms with Gasteiger partial charge in [-0.25, -0.2) is 4.98 Å². The van der Waals surface area contributed by atoms with Crippen LogP contribution in [0.4, 0.5) is 11.5 Å². The second-order valence-corrected chi connectivity index (χ2v) is 6.43. The van der Waals surface area contributed by atoms with Crippen molar-refractivity contribution in [1.29, 1.82) is 0 Å². The SMILES string of the molecule is COc1cccc(-c2nc3ccccn3c2N=Nc2ccc(C)cc2C)c1. The number of rotatable bonds is 4. The topological polar surface area (TPSA) is 51.2 Å². The molecule has 0 N–H and O–H groups in total. The van der Waals surface area contributed by atoms with Gasteiger partial charge in [0.15, 0.2) is 5.82 Å². The van der Waals surface area contributed by atoms with Gasteiger partial charge in [-0.3, -0.25) is 4.40 Å². The summed E-state index contributed by atoms with van der Waals surface area (Å²) in [4.78, 5) is 4.76. The Morgan fingerprint density at radius 1 is 0.926 bits per heavy atom. The summed E-state index contributed by atoms with van der Waals surface area (Å²) in [5.74, 6) is 1.47. The minimum Gasteiger partial charge on any atom is -0.497 e. The molecule has 5 nitrogen and oxygen atoms in total. The van der Waals surface area contributed by atoms with Gasteiger partial charge in [-0.1, -0.05) is 35.9 Å². The molecule has 0 aliphatic heterocycles. The van der Waals surface area contributed by atoms with Gasteiger partial charge in [-0.15, -0.1) is 10.2 Å². The van der Waals surface area contributed by atoms with Crippen LogP contribution in [0.2, 0.25) is 0 Å². The van der Waals surface area contributed by atoms with Crippen molar-refractivity contribution in [2.24, 2.45) is 10.2 Å². The number of hydrogen-bond donors (Lipinski definition) is 0. The normalized spacial score (nSPS) is 11.4. The van der Waals surface area contributed by atoms with Crippen LogP contribution in [0.1, 0.15) is 11.1 Å². The molecule has 0 saturated heterocycles. The fourth-order valence-electron chi connectivity index (χ4n) is 3.06. The Morgan fingerprint density at radius 2 is 1.81 bits per heavy atom. The number of hydrogen-bond acceptors (Lipinski definition) is 4. The average Bonchev–Trinajstić information content (AvgIpc) is 3.06. The lowest BCUT2D eigenvalue weighted by atomic mass is 10.1. The monoisotopic (exact) mass is 356 g/mol. The van der Waals surface area contributed by atoms with E-state index in [1.807, 2.05) is 72.1 Å². The molecule has 5 heteroatoms. The fraction of sp³-hybridized carbons (Fsp3) is 0.136. The Balaban J connectivity index is 1.86. The number of azo groups is 1. The highest BCUT2D eigenvalue weighted by Gasteiger charge is 2.14. The molecule has 27 heavy (non-hydrogen) atoms. The molecule has 0 unspecified atom stereocenters. The van der Waals surface area contributed by atoms with Gasteiger partial charge in [0, 0.05) is 11.8 Å². The van der Waals surface area contributed by atoms with Crippen LogP contribution in [0.3, 0.4) is 0 Å². The fourth-order valence-corrected chi connectivity index (χ4v) is 3.06. The minimum atomic E-state index is 0.693. The third-order valence-electron chi connectivity index (χ3n) is 4.45. The molecule has 0 aliphatic rings. The van der Waals surface area contributed by atoms with Crippen molar-refractivity contribution >= 4 is 17.2 Å². The smallest absolute Gasteiger partial charge is 0.187 e. The van der Waals surface area contributed by atoms with Crippen LogP contribution in [0, 0.1) is 13.8 Å². The van der Waals surface area contributed by atoms with Gasteiger partial charge in [0.2, 0.25) is 0 Å². The molecule has 2 aromatic carbocycles. The number of aromatic nitrogens is 2. The van der Waals surface area contributed by atoms with Crippen molar-refractivity contribution in [1.82, 2.24) is 9.38 Å². The lowest BCUT2D eigenvalue weighted by Crippen LogP contribution is -1.84. The minimum absolute atomic E-state index is 0.693. The van der Waals surface area contributed by atoms with Crippen molar-refractivity contribution in [2.75, 3.05) is 7.11 Å². The summed E-state index contributed by atoms with van der Waals surface area (Å²) in [5.41, 5.74) is 5.68. The van der Waals surface area contributed by atoms with Crippen molar-refractivity contribution in [3.05, 3.63) is 78.0 Å². The zero-order valence-corrected chi connectivity index (χ0v) is 15.5. The van der Waals surface area contributed by atoms with E-state index in [0.29, 0.717) is 5.82 Å². The standard InChI is InChI=1S/C22H20N4O/c1-15-10-11-19(16(2)13-15)24-25-22-21(17-7-6-8-18(14-17)27-3)23-20-9-4-5-12-26(20)22/h4-14H,1-3H3. The average molecular weight is 356 g/mol. The molecule has 0 bridgehead atoms. The third-order valence-corrected chi connectivity index (χ3v) is 4.45. The third kappa shape index (κ3) is 3.31. The maximum atomic E-state index is 5.36. The summed E-state index contributed by atoms with van der Waals surface area (Å²) in [7, 11) is 1.66. The van der Waals surface area contributed by atoms with Crippen LogP contribution in [0.15, 0.2) is 77.1 Å². The van der Waals surface area contributed by atoms with Crippen LogP contribution in [0.5, 0.6) is 5.75 Å². The van der Waals surface area contributed by atoms with Gasteiger partial charge in [-0.2, -0.15) is 0 Å². The van der Waals surface area contributed by atoms with E-state index in [2.05, 4.69) is 23.2 Å². The van der Waals surface area contributed by atoms with Crippen molar-refractivity contribution in [3.8, 4) is 17.0 Å². The van der Waals surface area contributed by atoms with Gasteiger partial charge in [0.05, 0.1) is 12.8 Å². The zero-order chi connectivity index (χ0) is 18.8. The van der Waals surface area contributed by atoms with Crippen LogP contribution < -0.4 is 4.74 Å². The van der Waals surface area contributed by atoms with E-state index in [0.717, 1.165) is 33.9 Å². The van der Waals surface area contributed by atoms with E-state index in [4.69, 9.17) is 9.72 Å². The molecular weight excluding hydrogens is 336 g/mol. The molecule has 0 aliphatic carbocycles. The van der Waals surface area contributed by atoms with Gasteiger partial charge in [0.25, 0.3) is 0 Å². The summed E-state index contributed by atoms with van der Waals surface area (Å²) in [6.45, 7) is 4.11. The Morgan fingerprint density at radius 3 is 2.63 bits per heavy atom. The predicted octanol–water partition coefficient (Wildman–Crippen LogP) is 6.04. The highest BCUT2D eigenvalue weighted by Crippen LogP contribution is 2.34. The molecule has 0 amide bonds. The summed E-state index contributed by atoms with van der Waals surface area (Å²) < 4.78 is 7.30. The van der Waals surface area contributed by atoms with Gasteiger partial charge >= 0.3 is 0 Å². The van der Waals surface area contributed by atoms with Crippen LogP contribution >= 0.6 is 0 Å². The Kier molecular flexibility index (Phi) is 4.42. The Labute approximate surface area is 158 Å². The summed E-state index contributed by atoms with van der Waals surface area (Å²) in [5, 5.41) is 9.07. The number of aryl methyl sites for hydroxylation is 2. The number of imidazole rings is 1. The molecule has 4 aromatic rings. The van der Waals surface area contributed by atoms with Crippen LogP contribution in [0.25, 0.3) is 16.9 Å². The van der Waals surface area contributed by atoms with Gasteiger partial charge in [0.1, 0.15) is 17.1 Å². The number of methoxy groups -OCH3 is 1. The number of nitrogens with zero attached hydrogens (tertiary/aromatic N) is 4. The number of ether oxygens (including phenoxy) is 1. The number of benzene rings is 2. The summed E-state index contributed by atoms with van der Waals surface area (Å²) in [6, 6.07) is 19.8. The second-order valence-electron chi connectivity index (χ2n) is 6.43. The predicted molar refractivity (Wildman–Crippen MR) is 107 cm³/mol. The Hall–Kier alpha value is -3.47. The van der Waals surface area contributed by atoms with E-state index < -0.39 is 0 Å². The van der Waals surface area contributed by atoms with E-state index >= 15 is 0 Å². The van der Waals surface area contributed by atoms with E-state index in [1.54, 1.807) is 7.11 Å². The first kappa shape index (κ1) is 17.0. The van der Waals surface area contributed by atoms with Crippen LogP contribution in [-0.2, 0) is 0 Å². The van der Waals surface area contributed by atoms with E-state index in [-0.39, 0.29) is 0 Å². The first-order valence-electron chi connectivity index (χ1n) is 8.76. The Bertz CT molecular complexity index is 1140. The first-order chi connectivity index (χ1) is 13.2. The summed E-state index contributed by atoms with van der Waals surface area (Å²) >= 11 is 0. The van der Waals surface area contributed by atoms with Crippen molar-refractivity contribution in [3.63, 3.8) is 0 Å². The maximum Gasteiger partial charge on any atom is 0.187 e. The number of pyridine rings is 1. The molecular formula is C22H20N4O. The maximum absolute atomic E-state index is 5.36. The van der Waals surface area contributed by atoms with Crippen molar-refractivity contribution in [2.45, 2.75) is 13.8 Å². The first-order valence-corrected chi connectivity index (χ1v) is 8.76. The molecule has 2 heterocycles. The van der Waals surface area contributed by atoms with Crippen LogP contribution in [-0.4, -0.2) is 16.5 Å². The molecule has 4 rings (SSSR count). The van der Waals surface area contributed by atoms with E-state index in [1.165, 1.54) is 5.56 Å². The molecule has 0 fully saturated rings. The lowest BCUT2D eigenvalue weighted by Gasteiger charge is -2.04. The van der Waals surface area contributed by atoms with Gasteiger partial charge < -0.3 is 4.74 Å². The molecule has 0 atom stereocenters. The highest BCUT2D eigenvalue weighted by atomic mass is 16.5. The van der Waals surface area contributed by atoms with E-state index in [9.17, 15) is 0 Å². The zero-order valence-electron chi connectivity index (χ0n) is 15.5. The van der Waals surface area contributed by atoms with Crippen molar-refractivity contribution < 1.29 is 4.74 Å². The molecule has 0 saturated carbocycles. The highest BCUT2D eigenvalue weighted by molar-refractivity contribution is 5.75. The molecule has 0 spiro atoms. The molecule has 134 valence electrons. The second kappa shape index (κ2) is 7.03. The van der Waals surface area contributed by atoms with Gasteiger partial charge in [-0.05, 0) is 49.7 Å². The largest absolute Gasteiger partial charge is 0.497 e. The number of fused-ring (bicyclic) bond motifs is 1. The summed E-state index contributed by atoms with van der Waals surface area (Å²) in [6.07, 6.45) is 1.95. The molecule has 2 aromatic heterocycles. The quantitative estimate of drug-likeness (QED) is 0.418. The molecule has 0 radical (unpaired) electrons.